The third-order valence-electron chi connectivity index (χ3n) is 6.02. The molecule has 0 N–H and O–H groups in total. The standard InChI is InChI=1S/C25H20ClFN2O3S/c1-32-19-9-6-16(7-10-19)23(30)29-12-13-33-25(29)20-14-18(27)8-11-22(20)28(24(25)31)15-17-4-2-3-5-21(17)26/h2-11,14H,12-13,15H2,1H3. The van der Waals surface area contributed by atoms with Crippen LogP contribution in [0.1, 0.15) is 21.5 Å². The molecule has 168 valence electrons. The summed E-state index contributed by atoms with van der Waals surface area (Å²) in [5.74, 6) is 0.180. The number of halogens is 2. The van der Waals surface area contributed by atoms with E-state index in [-0.39, 0.29) is 18.4 Å². The minimum atomic E-state index is -1.32. The summed E-state index contributed by atoms with van der Waals surface area (Å²) in [6.45, 7) is 0.598. The first-order valence-corrected chi connectivity index (χ1v) is 11.8. The summed E-state index contributed by atoms with van der Waals surface area (Å²) >= 11 is 7.72. The van der Waals surface area contributed by atoms with Crippen LogP contribution in [0.15, 0.2) is 66.7 Å². The van der Waals surface area contributed by atoms with Crippen LogP contribution in [0.25, 0.3) is 0 Å². The third kappa shape index (κ3) is 3.47. The molecular formula is C25H20ClFN2O3S. The van der Waals surface area contributed by atoms with Gasteiger partial charge in [0, 0.05) is 28.4 Å². The average Bonchev–Trinajstić information content (AvgIpc) is 3.37. The van der Waals surface area contributed by atoms with Gasteiger partial charge in [-0.1, -0.05) is 29.8 Å². The summed E-state index contributed by atoms with van der Waals surface area (Å²) in [6.07, 6.45) is 0. The zero-order valence-electron chi connectivity index (χ0n) is 17.8. The molecule has 5 nitrogen and oxygen atoms in total. The maximum atomic E-state index is 14.4. The molecule has 2 aliphatic heterocycles. The van der Waals surface area contributed by atoms with Crippen LogP contribution in [-0.4, -0.2) is 36.1 Å². The van der Waals surface area contributed by atoms with Crippen LogP contribution < -0.4 is 9.64 Å². The number of benzene rings is 3. The fourth-order valence-corrected chi connectivity index (χ4v) is 6.08. The van der Waals surface area contributed by atoms with Crippen molar-refractivity contribution < 1.29 is 18.7 Å². The number of hydrogen-bond donors (Lipinski definition) is 0. The molecule has 1 fully saturated rings. The molecule has 2 aliphatic rings. The van der Waals surface area contributed by atoms with E-state index in [1.807, 2.05) is 18.2 Å². The number of carbonyl (C=O) groups is 2. The largest absolute Gasteiger partial charge is 0.497 e. The van der Waals surface area contributed by atoms with Crippen LogP contribution in [0.2, 0.25) is 5.02 Å². The van der Waals surface area contributed by atoms with Crippen molar-refractivity contribution in [3.8, 4) is 5.75 Å². The van der Waals surface area contributed by atoms with Gasteiger partial charge in [0.1, 0.15) is 11.6 Å². The molecule has 0 bridgehead atoms. The Hall–Kier alpha value is -3.03. The highest BCUT2D eigenvalue weighted by Crippen LogP contribution is 2.55. The molecule has 5 rings (SSSR count). The SMILES string of the molecule is COc1ccc(C(=O)N2CCSC23C(=O)N(Cc2ccccc2Cl)c2ccc(F)cc23)cc1. The summed E-state index contributed by atoms with van der Waals surface area (Å²) in [4.78, 5) is 29.4. The molecule has 1 saturated heterocycles. The smallest absolute Gasteiger partial charge is 0.268 e. The van der Waals surface area contributed by atoms with Gasteiger partial charge in [0.25, 0.3) is 11.8 Å². The third-order valence-corrected chi connectivity index (χ3v) is 7.81. The lowest BCUT2D eigenvalue weighted by Crippen LogP contribution is -2.50. The fourth-order valence-electron chi connectivity index (χ4n) is 4.43. The highest BCUT2D eigenvalue weighted by atomic mass is 35.5. The molecule has 2 amide bonds. The van der Waals surface area contributed by atoms with Crippen LogP contribution >= 0.6 is 23.4 Å². The first-order chi connectivity index (χ1) is 16.0. The molecule has 1 spiro atoms. The molecule has 33 heavy (non-hydrogen) atoms. The number of thioether (sulfide) groups is 1. The van der Waals surface area contributed by atoms with E-state index < -0.39 is 10.7 Å². The Bertz CT molecular complexity index is 1250. The Balaban J connectivity index is 1.58. The number of methoxy groups -OCH3 is 1. The lowest BCUT2D eigenvalue weighted by Gasteiger charge is -2.33. The van der Waals surface area contributed by atoms with Crippen LogP contribution in [0, 0.1) is 5.82 Å². The lowest BCUT2D eigenvalue weighted by molar-refractivity contribution is -0.123. The zero-order valence-corrected chi connectivity index (χ0v) is 19.3. The van der Waals surface area contributed by atoms with E-state index in [4.69, 9.17) is 16.3 Å². The Kier molecular flexibility index (Phi) is 5.54. The number of fused-ring (bicyclic) bond motifs is 2. The van der Waals surface area contributed by atoms with Gasteiger partial charge in [-0.2, -0.15) is 0 Å². The van der Waals surface area contributed by atoms with E-state index in [2.05, 4.69) is 0 Å². The number of anilines is 1. The molecule has 0 saturated carbocycles. The van der Waals surface area contributed by atoms with Crippen molar-refractivity contribution >= 4 is 40.9 Å². The van der Waals surface area contributed by atoms with E-state index in [1.165, 1.54) is 23.9 Å². The van der Waals surface area contributed by atoms with E-state index in [9.17, 15) is 14.0 Å². The molecule has 0 aliphatic carbocycles. The number of nitrogens with zero attached hydrogens (tertiary/aromatic N) is 2. The molecule has 3 aromatic carbocycles. The lowest BCUT2D eigenvalue weighted by atomic mass is 10.0. The van der Waals surface area contributed by atoms with Gasteiger partial charge in [-0.25, -0.2) is 4.39 Å². The summed E-state index contributed by atoms with van der Waals surface area (Å²) < 4.78 is 19.6. The van der Waals surface area contributed by atoms with Gasteiger partial charge in [-0.05, 0) is 54.1 Å². The van der Waals surface area contributed by atoms with E-state index in [1.54, 1.807) is 53.3 Å². The molecule has 8 heteroatoms. The van der Waals surface area contributed by atoms with Crippen molar-refractivity contribution in [2.75, 3.05) is 24.3 Å². The normalized spacial score (nSPS) is 19.3. The van der Waals surface area contributed by atoms with Gasteiger partial charge in [-0.3, -0.25) is 9.59 Å². The van der Waals surface area contributed by atoms with Crippen molar-refractivity contribution in [1.82, 2.24) is 4.90 Å². The Morgan fingerprint density at radius 3 is 2.64 bits per heavy atom. The Morgan fingerprint density at radius 1 is 1.15 bits per heavy atom. The minimum Gasteiger partial charge on any atom is -0.497 e. The summed E-state index contributed by atoms with van der Waals surface area (Å²) in [6, 6.07) is 18.4. The summed E-state index contributed by atoms with van der Waals surface area (Å²) in [5, 5.41) is 0.542. The first kappa shape index (κ1) is 21.8. The van der Waals surface area contributed by atoms with Crippen molar-refractivity contribution in [2.45, 2.75) is 11.4 Å². The van der Waals surface area contributed by atoms with Crippen LogP contribution in [0.3, 0.4) is 0 Å². The van der Waals surface area contributed by atoms with Crippen molar-refractivity contribution in [2.24, 2.45) is 0 Å². The number of ether oxygens (including phenoxy) is 1. The fraction of sp³-hybridized carbons (Fsp3) is 0.200. The highest BCUT2D eigenvalue weighted by molar-refractivity contribution is 8.01. The highest BCUT2D eigenvalue weighted by Gasteiger charge is 2.59. The molecule has 0 aromatic heterocycles. The van der Waals surface area contributed by atoms with Crippen LogP contribution in [-0.2, 0) is 16.2 Å². The zero-order chi connectivity index (χ0) is 23.2. The Morgan fingerprint density at radius 2 is 1.91 bits per heavy atom. The first-order valence-electron chi connectivity index (χ1n) is 10.4. The molecule has 1 unspecified atom stereocenters. The van der Waals surface area contributed by atoms with Crippen molar-refractivity contribution in [3.05, 3.63) is 94.3 Å². The second kappa shape index (κ2) is 8.39. The number of rotatable bonds is 4. The van der Waals surface area contributed by atoms with Crippen LogP contribution in [0.4, 0.5) is 10.1 Å². The minimum absolute atomic E-state index is 0.226. The van der Waals surface area contributed by atoms with Gasteiger partial charge in [-0.15, -0.1) is 11.8 Å². The number of amides is 2. The summed E-state index contributed by atoms with van der Waals surface area (Å²) in [7, 11) is 1.55. The second-order valence-corrected chi connectivity index (χ2v) is 9.52. The number of hydrogen-bond acceptors (Lipinski definition) is 4. The van der Waals surface area contributed by atoms with E-state index in [0.29, 0.717) is 39.9 Å². The van der Waals surface area contributed by atoms with E-state index in [0.717, 1.165) is 5.56 Å². The summed E-state index contributed by atoms with van der Waals surface area (Å²) in [5.41, 5.74) is 2.29. The predicted octanol–water partition coefficient (Wildman–Crippen LogP) is 5.08. The molecule has 2 heterocycles. The quantitative estimate of drug-likeness (QED) is 0.520. The van der Waals surface area contributed by atoms with Crippen LogP contribution in [0.5, 0.6) is 5.75 Å². The maximum absolute atomic E-state index is 14.4. The van der Waals surface area contributed by atoms with Gasteiger partial charge in [0.2, 0.25) is 0 Å². The Labute approximate surface area is 200 Å². The van der Waals surface area contributed by atoms with Gasteiger partial charge in [0.05, 0.1) is 19.3 Å². The molecule has 3 aromatic rings. The van der Waals surface area contributed by atoms with Crippen molar-refractivity contribution in [3.63, 3.8) is 0 Å². The predicted molar refractivity (Wildman–Crippen MR) is 127 cm³/mol. The number of carbonyl (C=O) groups excluding carboxylic acids is 2. The van der Waals surface area contributed by atoms with Gasteiger partial charge in [0.15, 0.2) is 4.87 Å². The molecule has 0 radical (unpaired) electrons. The monoisotopic (exact) mass is 482 g/mol. The van der Waals surface area contributed by atoms with Gasteiger partial charge >= 0.3 is 0 Å². The van der Waals surface area contributed by atoms with Gasteiger partial charge < -0.3 is 14.5 Å². The van der Waals surface area contributed by atoms with Crippen molar-refractivity contribution in [1.29, 1.82) is 0 Å². The average molecular weight is 483 g/mol. The molecule has 1 atom stereocenters. The topological polar surface area (TPSA) is 49.9 Å². The maximum Gasteiger partial charge on any atom is 0.268 e. The molecular weight excluding hydrogens is 463 g/mol. The van der Waals surface area contributed by atoms with E-state index >= 15 is 0 Å². The second-order valence-electron chi connectivity index (χ2n) is 7.82.